The van der Waals surface area contributed by atoms with Crippen molar-refractivity contribution in [1.29, 1.82) is 0 Å². The molecule has 4 N–H and O–H groups in total. The van der Waals surface area contributed by atoms with E-state index in [4.69, 9.17) is 0 Å². The molecule has 1 aromatic carbocycles. The zero-order chi connectivity index (χ0) is 18.0. The molecule has 25 heavy (non-hydrogen) atoms. The number of amides is 1. The summed E-state index contributed by atoms with van der Waals surface area (Å²) in [5.74, 6) is 0.166. The number of aliphatic hydroxyl groups excluding tert-OH is 2. The SMILES string of the molecule is CNC(=O)c1cc(C(O)N[C@H]2C[C@@H]2C)cc(C(O)c2ccccc2)n1. The number of benzene rings is 1. The lowest BCUT2D eigenvalue weighted by Crippen LogP contribution is -2.26. The number of rotatable bonds is 6. The number of aliphatic hydroxyl groups is 2. The Labute approximate surface area is 146 Å². The molecule has 1 amide bonds. The summed E-state index contributed by atoms with van der Waals surface area (Å²) in [5.41, 5.74) is 1.67. The molecule has 2 aromatic rings. The number of nitrogens with zero attached hydrogens (tertiary/aromatic N) is 1. The first-order valence-corrected chi connectivity index (χ1v) is 8.40. The monoisotopic (exact) mass is 341 g/mol. The van der Waals surface area contributed by atoms with Crippen LogP contribution >= 0.6 is 0 Å². The van der Waals surface area contributed by atoms with Crippen LogP contribution < -0.4 is 10.6 Å². The van der Waals surface area contributed by atoms with Crippen molar-refractivity contribution in [1.82, 2.24) is 15.6 Å². The van der Waals surface area contributed by atoms with Gasteiger partial charge in [-0.3, -0.25) is 10.1 Å². The summed E-state index contributed by atoms with van der Waals surface area (Å²) in [6, 6.07) is 12.5. The van der Waals surface area contributed by atoms with Crippen molar-refractivity contribution < 1.29 is 15.0 Å². The number of nitrogens with one attached hydrogen (secondary N) is 2. The Hall–Kier alpha value is -2.28. The Morgan fingerprint density at radius 2 is 1.88 bits per heavy atom. The third-order valence-electron chi connectivity index (χ3n) is 4.52. The molecule has 6 nitrogen and oxygen atoms in total. The summed E-state index contributed by atoms with van der Waals surface area (Å²) in [4.78, 5) is 16.3. The van der Waals surface area contributed by atoms with Crippen LogP contribution in [0.25, 0.3) is 0 Å². The number of carbonyl (C=O) groups excluding carboxylic acids is 1. The molecule has 1 fully saturated rings. The summed E-state index contributed by atoms with van der Waals surface area (Å²) in [7, 11) is 1.52. The number of hydrogen-bond acceptors (Lipinski definition) is 5. The van der Waals surface area contributed by atoms with Gasteiger partial charge >= 0.3 is 0 Å². The van der Waals surface area contributed by atoms with Gasteiger partial charge in [0, 0.05) is 13.1 Å². The lowest BCUT2D eigenvalue weighted by atomic mass is 10.0. The molecule has 6 heteroatoms. The van der Waals surface area contributed by atoms with Gasteiger partial charge in [0.1, 0.15) is 18.0 Å². The van der Waals surface area contributed by atoms with Crippen LogP contribution in [0.3, 0.4) is 0 Å². The minimum absolute atomic E-state index is 0.162. The highest BCUT2D eigenvalue weighted by Gasteiger charge is 2.34. The Morgan fingerprint density at radius 3 is 2.48 bits per heavy atom. The minimum Gasteiger partial charge on any atom is -0.382 e. The Morgan fingerprint density at radius 1 is 1.20 bits per heavy atom. The fourth-order valence-electron chi connectivity index (χ4n) is 2.78. The highest BCUT2D eigenvalue weighted by Crippen LogP contribution is 2.32. The first-order chi connectivity index (χ1) is 12.0. The zero-order valence-electron chi connectivity index (χ0n) is 14.3. The highest BCUT2D eigenvalue weighted by atomic mass is 16.3. The van der Waals surface area contributed by atoms with E-state index in [1.807, 2.05) is 18.2 Å². The number of pyridine rings is 1. The standard InChI is InChI=1S/C19H23N3O3/c1-11-8-14(11)22-18(24)13-9-15(21-16(10-13)19(25)20-2)17(23)12-6-4-3-5-7-12/h3-7,9-11,14,17-18,22-24H,8H2,1-2H3,(H,20,25)/t11-,14-,17?,18?/m0/s1. The van der Waals surface area contributed by atoms with Crippen LogP contribution in [0.15, 0.2) is 42.5 Å². The van der Waals surface area contributed by atoms with E-state index in [0.717, 1.165) is 6.42 Å². The zero-order valence-corrected chi connectivity index (χ0v) is 14.3. The van der Waals surface area contributed by atoms with E-state index in [1.165, 1.54) is 7.05 Å². The summed E-state index contributed by atoms with van der Waals surface area (Å²) < 4.78 is 0. The predicted octanol–water partition coefficient (Wildman–Crippen LogP) is 1.51. The molecule has 132 valence electrons. The molecular weight excluding hydrogens is 318 g/mol. The van der Waals surface area contributed by atoms with Gasteiger partial charge in [-0.05, 0) is 35.6 Å². The maximum absolute atomic E-state index is 12.0. The molecule has 1 heterocycles. The second kappa shape index (κ2) is 7.31. The topological polar surface area (TPSA) is 94.5 Å². The average Bonchev–Trinajstić information content (AvgIpc) is 3.35. The summed E-state index contributed by atoms with van der Waals surface area (Å²) in [5, 5.41) is 26.7. The molecule has 0 spiro atoms. The Balaban J connectivity index is 1.93. The van der Waals surface area contributed by atoms with E-state index in [2.05, 4.69) is 22.5 Å². The predicted molar refractivity (Wildman–Crippen MR) is 93.8 cm³/mol. The summed E-state index contributed by atoms with van der Waals surface area (Å²) in [6.45, 7) is 2.11. The van der Waals surface area contributed by atoms with Gasteiger partial charge in [0.2, 0.25) is 0 Å². The molecule has 0 saturated heterocycles. The van der Waals surface area contributed by atoms with E-state index >= 15 is 0 Å². The van der Waals surface area contributed by atoms with Gasteiger partial charge in [-0.2, -0.15) is 0 Å². The van der Waals surface area contributed by atoms with Crippen molar-refractivity contribution >= 4 is 5.91 Å². The van der Waals surface area contributed by atoms with Crippen molar-refractivity contribution in [2.24, 2.45) is 5.92 Å². The second-order valence-electron chi connectivity index (χ2n) is 6.49. The third kappa shape index (κ3) is 4.04. The molecule has 3 rings (SSSR count). The number of hydrogen-bond donors (Lipinski definition) is 4. The van der Waals surface area contributed by atoms with E-state index < -0.39 is 12.3 Å². The maximum Gasteiger partial charge on any atom is 0.269 e. The highest BCUT2D eigenvalue weighted by molar-refractivity contribution is 5.92. The summed E-state index contributed by atoms with van der Waals surface area (Å²) >= 11 is 0. The fraction of sp³-hybridized carbons (Fsp3) is 0.368. The maximum atomic E-state index is 12.0. The molecule has 0 aliphatic heterocycles. The van der Waals surface area contributed by atoms with E-state index in [9.17, 15) is 15.0 Å². The largest absolute Gasteiger partial charge is 0.382 e. The Bertz CT molecular complexity index is 751. The van der Waals surface area contributed by atoms with Gasteiger partial charge in [0.25, 0.3) is 5.91 Å². The lowest BCUT2D eigenvalue weighted by Gasteiger charge is -2.17. The van der Waals surface area contributed by atoms with Crippen LogP contribution in [0.4, 0.5) is 0 Å². The van der Waals surface area contributed by atoms with Crippen LogP contribution in [-0.2, 0) is 0 Å². The molecule has 2 unspecified atom stereocenters. The quantitative estimate of drug-likeness (QED) is 0.598. The average molecular weight is 341 g/mol. The van der Waals surface area contributed by atoms with Crippen LogP contribution in [-0.4, -0.2) is 34.2 Å². The van der Waals surface area contributed by atoms with Gasteiger partial charge in [-0.25, -0.2) is 4.98 Å². The molecule has 0 bridgehead atoms. The van der Waals surface area contributed by atoms with E-state index in [0.29, 0.717) is 22.7 Å². The van der Waals surface area contributed by atoms with Gasteiger partial charge in [0.05, 0.1) is 5.69 Å². The first-order valence-electron chi connectivity index (χ1n) is 8.40. The lowest BCUT2D eigenvalue weighted by molar-refractivity contribution is 0.0956. The van der Waals surface area contributed by atoms with Crippen LogP contribution in [0, 0.1) is 5.92 Å². The molecule has 1 saturated carbocycles. The van der Waals surface area contributed by atoms with Crippen molar-refractivity contribution in [3.05, 3.63) is 65.0 Å². The van der Waals surface area contributed by atoms with Gasteiger partial charge in [0.15, 0.2) is 0 Å². The van der Waals surface area contributed by atoms with Crippen molar-refractivity contribution in [2.45, 2.75) is 31.7 Å². The molecule has 4 atom stereocenters. The van der Waals surface area contributed by atoms with Crippen LogP contribution in [0.2, 0.25) is 0 Å². The number of aromatic nitrogens is 1. The summed E-state index contributed by atoms with van der Waals surface area (Å²) in [6.07, 6.45) is -0.871. The normalized spacial score (nSPS) is 21.4. The smallest absolute Gasteiger partial charge is 0.269 e. The molecule has 0 radical (unpaired) electrons. The van der Waals surface area contributed by atoms with Crippen molar-refractivity contribution in [3.8, 4) is 0 Å². The first kappa shape index (κ1) is 17.5. The van der Waals surface area contributed by atoms with E-state index in [-0.39, 0.29) is 17.6 Å². The van der Waals surface area contributed by atoms with Gasteiger partial charge in [-0.15, -0.1) is 0 Å². The molecule has 1 aliphatic rings. The van der Waals surface area contributed by atoms with Gasteiger partial charge < -0.3 is 15.5 Å². The Kier molecular flexibility index (Phi) is 5.13. The molecular formula is C19H23N3O3. The van der Waals surface area contributed by atoms with Crippen molar-refractivity contribution in [2.75, 3.05) is 7.05 Å². The third-order valence-corrected chi connectivity index (χ3v) is 4.52. The molecule has 1 aromatic heterocycles. The van der Waals surface area contributed by atoms with Gasteiger partial charge in [-0.1, -0.05) is 37.3 Å². The van der Waals surface area contributed by atoms with Crippen LogP contribution in [0.5, 0.6) is 0 Å². The van der Waals surface area contributed by atoms with Crippen LogP contribution in [0.1, 0.15) is 53.0 Å². The number of carbonyl (C=O) groups is 1. The van der Waals surface area contributed by atoms with Crippen molar-refractivity contribution in [3.63, 3.8) is 0 Å². The minimum atomic E-state index is -0.975. The fourth-order valence-corrected chi connectivity index (χ4v) is 2.78. The molecule has 1 aliphatic carbocycles. The van der Waals surface area contributed by atoms with E-state index in [1.54, 1.807) is 24.3 Å². The second-order valence-corrected chi connectivity index (χ2v) is 6.49.